The summed E-state index contributed by atoms with van der Waals surface area (Å²) in [5.41, 5.74) is 1.64. The summed E-state index contributed by atoms with van der Waals surface area (Å²) in [6, 6.07) is 3.50. The van der Waals surface area contributed by atoms with Crippen LogP contribution in [0.1, 0.15) is 38.3 Å². The van der Waals surface area contributed by atoms with Crippen molar-refractivity contribution < 1.29 is 19.4 Å². The van der Waals surface area contributed by atoms with Crippen molar-refractivity contribution in [3.8, 4) is 0 Å². The second-order valence-corrected chi connectivity index (χ2v) is 4.83. The quantitative estimate of drug-likeness (QED) is 0.810. The van der Waals surface area contributed by atoms with Crippen molar-refractivity contribution in [2.24, 2.45) is 0 Å². The number of aryl methyl sites for hydroxylation is 2. The molecule has 1 amide bonds. The van der Waals surface area contributed by atoms with Crippen LogP contribution in [0.3, 0.4) is 0 Å². The Bertz CT molecular complexity index is 511. The normalized spacial score (nSPS) is 10.4. The maximum Gasteiger partial charge on any atom is 0.336 e. The summed E-state index contributed by atoms with van der Waals surface area (Å²) in [7, 11) is 3.28. The van der Waals surface area contributed by atoms with E-state index in [-0.39, 0.29) is 17.0 Å². The van der Waals surface area contributed by atoms with Crippen LogP contribution in [-0.4, -0.2) is 49.2 Å². The lowest BCUT2D eigenvalue weighted by molar-refractivity contribution is 0.0678. The summed E-state index contributed by atoms with van der Waals surface area (Å²) >= 11 is 0. The van der Waals surface area contributed by atoms with Gasteiger partial charge in [-0.05, 0) is 31.4 Å². The Kier molecular flexibility index (Phi) is 5.70. The number of carbonyl (C=O) groups excluding carboxylic acids is 1. The van der Waals surface area contributed by atoms with Gasteiger partial charge in [0.15, 0.2) is 0 Å². The van der Waals surface area contributed by atoms with E-state index in [0.717, 1.165) is 0 Å². The van der Waals surface area contributed by atoms with Crippen LogP contribution in [-0.2, 0) is 4.74 Å². The summed E-state index contributed by atoms with van der Waals surface area (Å²) in [5.74, 6) is -1.33. The number of hydrogen-bond acceptors (Lipinski definition) is 3. The molecule has 0 aromatic heterocycles. The molecule has 1 N–H and O–H groups in total. The molecule has 0 atom stereocenters. The van der Waals surface area contributed by atoms with E-state index < -0.39 is 5.97 Å². The third-order valence-electron chi connectivity index (χ3n) is 3.24. The lowest BCUT2D eigenvalue weighted by Crippen LogP contribution is -2.30. The fraction of sp³-hybridized carbons (Fsp3) is 0.467. The van der Waals surface area contributed by atoms with Crippen LogP contribution >= 0.6 is 0 Å². The average molecular weight is 279 g/mol. The molecule has 0 aliphatic rings. The Morgan fingerprint density at radius 3 is 2.25 bits per heavy atom. The topological polar surface area (TPSA) is 66.8 Å². The minimum absolute atomic E-state index is 0.0913. The first-order chi connectivity index (χ1) is 9.40. The first-order valence-electron chi connectivity index (χ1n) is 6.48. The first-order valence-corrected chi connectivity index (χ1v) is 6.48. The molecule has 0 aliphatic carbocycles. The van der Waals surface area contributed by atoms with Crippen LogP contribution in [0, 0.1) is 13.8 Å². The lowest BCUT2D eigenvalue weighted by Gasteiger charge is -2.20. The number of carboxylic acids is 1. The van der Waals surface area contributed by atoms with Crippen molar-refractivity contribution in [2.75, 3.05) is 27.3 Å². The molecule has 0 saturated carbocycles. The zero-order chi connectivity index (χ0) is 15.3. The highest BCUT2D eigenvalue weighted by atomic mass is 16.5. The third kappa shape index (κ3) is 3.57. The number of aromatic carboxylic acids is 1. The van der Waals surface area contributed by atoms with E-state index >= 15 is 0 Å². The summed E-state index contributed by atoms with van der Waals surface area (Å²) in [6.45, 7) is 4.54. The zero-order valence-corrected chi connectivity index (χ0v) is 12.4. The Morgan fingerprint density at radius 1 is 1.20 bits per heavy atom. The van der Waals surface area contributed by atoms with Crippen molar-refractivity contribution in [3.05, 3.63) is 34.4 Å². The number of amides is 1. The van der Waals surface area contributed by atoms with Gasteiger partial charge >= 0.3 is 5.97 Å². The van der Waals surface area contributed by atoms with E-state index in [9.17, 15) is 14.7 Å². The van der Waals surface area contributed by atoms with Gasteiger partial charge in [0.1, 0.15) is 0 Å². The minimum atomic E-state index is -1.07. The number of methoxy groups -OCH3 is 1. The maximum atomic E-state index is 12.5. The maximum absolute atomic E-state index is 12.5. The molecule has 5 nitrogen and oxygen atoms in total. The molecule has 1 aromatic carbocycles. The van der Waals surface area contributed by atoms with Gasteiger partial charge < -0.3 is 14.7 Å². The van der Waals surface area contributed by atoms with Gasteiger partial charge in [0.25, 0.3) is 5.91 Å². The third-order valence-corrected chi connectivity index (χ3v) is 3.24. The smallest absolute Gasteiger partial charge is 0.336 e. The summed E-state index contributed by atoms with van der Waals surface area (Å²) in [6.07, 6.45) is 0.714. The van der Waals surface area contributed by atoms with Crippen LogP contribution in [0.4, 0.5) is 0 Å². The molecule has 0 aliphatic heterocycles. The van der Waals surface area contributed by atoms with Gasteiger partial charge in [0.05, 0.1) is 11.1 Å². The van der Waals surface area contributed by atoms with E-state index in [0.29, 0.717) is 30.7 Å². The Labute approximate surface area is 119 Å². The molecule has 1 aromatic rings. The summed E-state index contributed by atoms with van der Waals surface area (Å²) in [4.78, 5) is 25.4. The Hall–Kier alpha value is -1.88. The summed E-state index contributed by atoms with van der Waals surface area (Å²) in [5, 5.41) is 9.32. The molecule has 0 saturated heterocycles. The van der Waals surface area contributed by atoms with Crippen molar-refractivity contribution in [1.82, 2.24) is 4.90 Å². The molecule has 1 rings (SSSR count). The predicted octanol–water partition coefficient (Wildman–Crippen LogP) is 2.11. The van der Waals surface area contributed by atoms with Crippen LogP contribution in [0.15, 0.2) is 12.1 Å². The second-order valence-electron chi connectivity index (χ2n) is 4.83. The van der Waals surface area contributed by atoms with Crippen molar-refractivity contribution >= 4 is 11.9 Å². The van der Waals surface area contributed by atoms with E-state index in [1.54, 1.807) is 40.1 Å². The molecular formula is C15H21NO4. The van der Waals surface area contributed by atoms with Gasteiger partial charge in [-0.3, -0.25) is 4.79 Å². The standard InChI is InChI=1S/C15H21NO4/c1-10-6-7-11(2)13(15(18)19)12(10)14(17)16(3)8-5-9-20-4/h6-7H,5,8-9H2,1-4H3,(H,18,19). The van der Waals surface area contributed by atoms with Gasteiger partial charge in [0.2, 0.25) is 0 Å². The van der Waals surface area contributed by atoms with E-state index in [1.807, 2.05) is 0 Å². The number of hydrogen-bond donors (Lipinski definition) is 1. The van der Waals surface area contributed by atoms with Crippen molar-refractivity contribution in [2.45, 2.75) is 20.3 Å². The zero-order valence-electron chi connectivity index (χ0n) is 12.4. The number of carbonyl (C=O) groups is 2. The second kappa shape index (κ2) is 7.05. The number of nitrogens with zero attached hydrogens (tertiary/aromatic N) is 1. The van der Waals surface area contributed by atoms with Gasteiger partial charge in [-0.15, -0.1) is 0 Å². The fourth-order valence-electron chi connectivity index (χ4n) is 2.10. The molecule has 0 spiro atoms. The SMILES string of the molecule is COCCCN(C)C(=O)c1c(C)ccc(C)c1C(=O)O. The predicted molar refractivity (Wildman–Crippen MR) is 76.3 cm³/mol. The highest BCUT2D eigenvalue weighted by Crippen LogP contribution is 2.20. The average Bonchev–Trinajstić information content (AvgIpc) is 2.40. The highest BCUT2D eigenvalue weighted by Gasteiger charge is 2.23. The molecular weight excluding hydrogens is 258 g/mol. The van der Waals surface area contributed by atoms with Crippen molar-refractivity contribution in [1.29, 1.82) is 0 Å². The Balaban J connectivity index is 3.09. The van der Waals surface area contributed by atoms with Gasteiger partial charge in [-0.1, -0.05) is 12.1 Å². The van der Waals surface area contributed by atoms with Gasteiger partial charge in [-0.25, -0.2) is 4.79 Å². The van der Waals surface area contributed by atoms with Crippen LogP contribution in [0.2, 0.25) is 0 Å². The molecule has 110 valence electrons. The Morgan fingerprint density at radius 2 is 1.75 bits per heavy atom. The van der Waals surface area contributed by atoms with Crippen molar-refractivity contribution in [3.63, 3.8) is 0 Å². The van der Waals surface area contributed by atoms with E-state index in [4.69, 9.17) is 4.74 Å². The minimum Gasteiger partial charge on any atom is -0.478 e. The van der Waals surface area contributed by atoms with E-state index in [2.05, 4.69) is 0 Å². The molecule has 0 radical (unpaired) electrons. The van der Waals surface area contributed by atoms with Gasteiger partial charge in [-0.2, -0.15) is 0 Å². The van der Waals surface area contributed by atoms with E-state index in [1.165, 1.54) is 4.90 Å². The van der Waals surface area contributed by atoms with Gasteiger partial charge in [0, 0.05) is 27.3 Å². The van der Waals surface area contributed by atoms with Crippen LogP contribution < -0.4 is 0 Å². The molecule has 0 fully saturated rings. The number of benzene rings is 1. The molecule has 0 unspecified atom stereocenters. The molecule has 0 heterocycles. The fourth-order valence-corrected chi connectivity index (χ4v) is 2.10. The largest absolute Gasteiger partial charge is 0.478 e. The first kappa shape index (κ1) is 16.2. The van der Waals surface area contributed by atoms with Crippen LogP contribution in [0.25, 0.3) is 0 Å². The monoisotopic (exact) mass is 279 g/mol. The molecule has 0 bridgehead atoms. The number of carboxylic acid groups (broad SMARTS) is 1. The van der Waals surface area contributed by atoms with Crippen LogP contribution in [0.5, 0.6) is 0 Å². The summed E-state index contributed by atoms with van der Waals surface area (Å²) < 4.78 is 4.95. The number of rotatable bonds is 6. The molecule has 5 heteroatoms. The highest BCUT2D eigenvalue weighted by molar-refractivity contribution is 6.06. The number of ether oxygens (including phenoxy) is 1. The molecule has 20 heavy (non-hydrogen) atoms. The lowest BCUT2D eigenvalue weighted by atomic mass is 9.96.